The normalized spacial score (nSPS) is 10.3. The van der Waals surface area contributed by atoms with Gasteiger partial charge < -0.3 is 9.47 Å². The molecule has 6 nitrogen and oxygen atoms in total. The van der Waals surface area contributed by atoms with Gasteiger partial charge in [0.1, 0.15) is 18.1 Å². The summed E-state index contributed by atoms with van der Waals surface area (Å²) in [5.41, 5.74) is 6.35. The summed E-state index contributed by atoms with van der Waals surface area (Å²) in [6, 6.07) is 14.6. The maximum absolute atomic E-state index is 11.8. The van der Waals surface area contributed by atoms with Crippen LogP contribution in [-0.2, 0) is 9.59 Å². The van der Waals surface area contributed by atoms with Gasteiger partial charge in [0.15, 0.2) is 6.61 Å². The summed E-state index contributed by atoms with van der Waals surface area (Å²) in [5.74, 6) is 0.437. The standard InChI is InChI=1S/C21H22N2O4/c1-3-14-26-18-11-8-17(9-12-18)10-13-20(24)22-23-21(25)15-27-19-7-5-4-6-16(19)2/h3-13H,1,14-15H2,2H3,(H,22,24)(H,23,25)/b13-10+. The molecule has 2 amide bonds. The summed E-state index contributed by atoms with van der Waals surface area (Å²) in [6.07, 6.45) is 4.61. The first-order valence-corrected chi connectivity index (χ1v) is 8.37. The van der Waals surface area contributed by atoms with E-state index in [1.54, 1.807) is 30.4 Å². The van der Waals surface area contributed by atoms with E-state index in [0.717, 1.165) is 16.9 Å². The number of para-hydroxylation sites is 1. The van der Waals surface area contributed by atoms with Crippen molar-refractivity contribution in [1.29, 1.82) is 0 Å². The Labute approximate surface area is 158 Å². The Morgan fingerprint density at radius 3 is 2.48 bits per heavy atom. The first-order chi connectivity index (χ1) is 13.1. The molecule has 0 aliphatic carbocycles. The van der Waals surface area contributed by atoms with E-state index in [1.165, 1.54) is 6.08 Å². The molecule has 0 radical (unpaired) electrons. The second-order valence-corrected chi connectivity index (χ2v) is 5.59. The van der Waals surface area contributed by atoms with E-state index < -0.39 is 11.8 Å². The van der Waals surface area contributed by atoms with Crippen LogP contribution in [0.2, 0.25) is 0 Å². The average Bonchev–Trinajstić information content (AvgIpc) is 2.69. The molecule has 0 atom stereocenters. The second-order valence-electron chi connectivity index (χ2n) is 5.59. The number of rotatable bonds is 8. The van der Waals surface area contributed by atoms with Crippen molar-refractivity contribution < 1.29 is 19.1 Å². The zero-order chi connectivity index (χ0) is 19.5. The predicted molar refractivity (Wildman–Crippen MR) is 104 cm³/mol. The summed E-state index contributed by atoms with van der Waals surface area (Å²) >= 11 is 0. The van der Waals surface area contributed by atoms with Gasteiger partial charge in [0.05, 0.1) is 0 Å². The highest BCUT2D eigenvalue weighted by Gasteiger charge is 2.05. The minimum Gasteiger partial charge on any atom is -0.490 e. The highest BCUT2D eigenvalue weighted by molar-refractivity contribution is 5.93. The smallest absolute Gasteiger partial charge is 0.276 e. The lowest BCUT2D eigenvalue weighted by Gasteiger charge is -2.09. The molecule has 0 heterocycles. The number of carbonyl (C=O) groups excluding carboxylic acids is 2. The number of nitrogens with one attached hydrogen (secondary N) is 2. The van der Waals surface area contributed by atoms with Gasteiger partial charge in [0, 0.05) is 6.08 Å². The third-order valence-electron chi connectivity index (χ3n) is 3.45. The van der Waals surface area contributed by atoms with Crippen molar-refractivity contribution in [3.8, 4) is 11.5 Å². The van der Waals surface area contributed by atoms with E-state index in [9.17, 15) is 9.59 Å². The summed E-state index contributed by atoms with van der Waals surface area (Å²) in [7, 11) is 0. The fourth-order valence-electron chi connectivity index (χ4n) is 2.07. The van der Waals surface area contributed by atoms with Crippen LogP contribution in [0.1, 0.15) is 11.1 Å². The lowest BCUT2D eigenvalue weighted by Crippen LogP contribution is -2.43. The minimum atomic E-state index is -0.455. The van der Waals surface area contributed by atoms with Gasteiger partial charge in [-0.3, -0.25) is 20.4 Å². The van der Waals surface area contributed by atoms with Crippen molar-refractivity contribution in [3.63, 3.8) is 0 Å². The lowest BCUT2D eigenvalue weighted by atomic mass is 10.2. The zero-order valence-electron chi connectivity index (χ0n) is 15.1. The third-order valence-corrected chi connectivity index (χ3v) is 3.45. The summed E-state index contributed by atoms with van der Waals surface area (Å²) in [6.45, 7) is 5.71. The first-order valence-electron chi connectivity index (χ1n) is 8.37. The number of benzene rings is 2. The van der Waals surface area contributed by atoms with Gasteiger partial charge in [0.25, 0.3) is 11.8 Å². The molecule has 0 aromatic heterocycles. The number of hydrogen-bond acceptors (Lipinski definition) is 4. The van der Waals surface area contributed by atoms with E-state index in [4.69, 9.17) is 9.47 Å². The summed E-state index contributed by atoms with van der Waals surface area (Å²) < 4.78 is 10.8. The molecule has 140 valence electrons. The third kappa shape index (κ3) is 7.07. The molecular formula is C21H22N2O4. The summed E-state index contributed by atoms with van der Waals surface area (Å²) in [4.78, 5) is 23.5. The molecule has 0 aliphatic rings. The second kappa shape index (κ2) is 10.5. The van der Waals surface area contributed by atoms with Gasteiger partial charge in [-0.05, 0) is 42.3 Å². The Balaban J connectivity index is 1.73. The van der Waals surface area contributed by atoms with Crippen LogP contribution in [0.5, 0.6) is 11.5 Å². The predicted octanol–water partition coefficient (Wildman–Crippen LogP) is 2.80. The molecule has 0 saturated carbocycles. The molecule has 0 bridgehead atoms. The van der Waals surface area contributed by atoms with Crippen LogP contribution < -0.4 is 20.3 Å². The van der Waals surface area contributed by atoms with Crippen LogP contribution >= 0.6 is 0 Å². The topological polar surface area (TPSA) is 76.7 Å². The minimum absolute atomic E-state index is 0.193. The van der Waals surface area contributed by atoms with Crippen molar-refractivity contribution in [2.75, 3.05) is 13.2 Å². The fraction of sp³-hybridized carbons (Fsp3) is 0.143. The molecule has 2 aromatic carbocycles. The van der Waals surface area contributed by atoms with Crippen molar-refractivity contribution in [3.05, 3.63) is 78.4 Å². The zero-order valence-corrected chi connectivity index (χ0v) is 15.1. The Morgan fingerprint density at radius 1 is 1.04 bits per heavy atom. The van der Waals surface area contributed by atoms with Crippen LogP contribution in [0.15, 0.2) is 67.3 Å². The number of aryl methyl sites for hydroxylation is 1. The first kappa shape index (κ1) is 19.8. The van der Waals surface area contributed by atoms with Gasteiger partial charge in [-0.1, -0.05) is 43.0 Å². The molecule has 0 saturated heterocycles. The fourth-order valence-corrected chi connectivity index (χ4v) is 2.07. The van der Waals surface area contributed by atoms with E-state index in [0.29, 0.717) is 12.4 Å². The maximum atomic E-state index is 11.8. The van der Waals surface area contributed by atoms with Gasteiger partial charge >= 0.3 is 0 Å². The average molecular weight is 366 g/mol. The van der Waals surface area contributed by atoms with E-state index in [-0.39, 0.29) is 6.61 Å². The van der Waals surface area contributed by atoms with Gasteiger partial charge in [-0.15, -0.1) is 0 Å². The van der Waals surface area contributed by atoms with Crippen molar-refractivity contribution in [2.24, 2.45) is 0 Å². The van der Waals surface area contributed by atoms with Crippen LogP contribution in [0, 0.1) is 6.92 Å². The molecule has 0 unspecified atom stereocenters. The number of hydrogen-bond donors (Lipinski definition) is 2. The van der Waals surface area contributed by atoms with E-state index in [2.05, 4.69) is 17.4 Å². The van der Waals surface area contributed by atoms with Gasteiger partial charge in [-0.2, -0.15) is 0 Å². The molecule has 27 heavy (non-hydrogen) atoms. The van der Waals surface area contributed by atoms with Crippen LogP contribution in [-0.4, -0.2) is 25.0 Å². The molecule has 2 aromatic rings. The molecule has 0 spiro atoms. The van der Waals surface area contributed by atoms with Crippen LogP contribution in [0.25, 0.3) is 6.08 Å². The van der Waals surface area contributed by atoms with Crippen LogP contribution in [0.3, 0.4) is 0 Å². The lowest BCUT2D eigenvalue weighted by molar-refractivity contribution is -0.128. The SMILES string of the molecule is C=CCOc1ccc(/C=C/C(=O)NNC(=O)COc2ccccc2C)cc1. The monoisotopic (exact) mass is 366 g/mol. The maximum Gasteiger partial charge on any atom is 0.276 e. The highest BCUT2D eigenvalue weighted by Crippen LogP contribution is 2.15. The summed E-state index contributed by atoms with van der Waals surface area (Å²) in [5, 5.41) is 0. The van der Waals surface area contributed by atoms with Crippen molar-refractivity contribution >= 4 is 17.9 Å². The Kier molecular flexibility index (Phi) is 7.66. The molecule has 0 aliphatic heterocycles. The number of amides is 2. The number of carbonyl (C=O) groups is 2. The molecule has 6 heteroatoms. The van der Waals surface area contributed by atoms with E-state index in [1.807, 2.05) is 37.3 Å². The molecule has 2 N–H and O–H groups in total. The number of ether oxygens (including phenoxy) is 2. The quantitative estimate of drug-likeness (QED) is 0.428. The van der Waals surface area contributed by atoms with Crippen molar-refractivity contribution in [2.45, 2.75) is 6.92 Å². The van der Waals surface area contributed by atoms with Gasteiger partial charge in [-0.25, -0.2) is 0 Å². The Hall–Kier alpha value is -3.54. The van der Waals surface area contributed by atoms with Gasteiger partial charge in [0.2, 0.25) is 0 Å². The largest absolute Gasteiger partial charge is 0.490 e. The number of hydrazine groups is 1. The Bertz CT molecular complexity index is 813. The molecular weight excluding hydrogens is 344 g/mol. The molecule has 2 rings (SSSR count). The molecule has 0 fully saturated rings. The Morgan fingerprint density at radius 2 is 1.78 bits per heavy atom. The van der Waals surface area contributed by atoms with E-state index >= 15 is 0 Å². The highest BCUT2D eigenvalue weighted by atomic mass is 16.5. The van der Waals surface area contributed by atoms with Crippen molar-refractivity contribution in [1.82, 2.24) is 10.9 Å². The van der Waals surface area contributed by atoms with Crippen LogP contribution in [0.4, 0.5) is 0 Å².